The zero-order valence-electron chi connectivity index (χ0n) is 17.5. The van der Waals surface area contributed by atoms with Crippen LogP contribution in [0.3, 0.4) is 0 Å². The Balaban J connectivity index is 1.61. The predicted octanol–water partition coefficient (Wildman–Crippen LogP) is 1.60. The number of carbonyl (C=O) groups excluding carboxylic acids is 2. The Bertz CT molecular complexity index is 942. The number of nitriles is 1. The first kappa shape index (κ1) is 23.2. The van der Waals surface area contributed by atoms with Gasteiger partial charge in [0.2, 0.25) is 10.0 Å². The molecule has 1 aromatic rings. The molecule has 0 aromatic heterocycles. The quantitative estimate of drug-likeness (QED) is 0.654. The van der Waals surface area contributed by atoms with Crippen molar-refractivity contribution in [1.29, 1.82) is 5.26 Å². The van der Waals surface area contributed by atoms with Gasteiger partial charge in [0.25, 0.3) is 5.91 Å². The summed E-state index contributed by atoms with van der Waals surface area (Å²) in [5.74, 6) is -1.27. The molecule has 1 aliphatic carbocycles. The Kier molecular flexibility index (Phi) is 7.30. The second-order valence-corrected chi connectivity index (χ2v) is 9.77. The van der Waals surface area contributed by atoms with Gasteiger partial charge in [-0.15, -0.1) is 0 Å². The minimum absolute atomic E-state index is 0.0741. The highest BCUT2D eigenvalue weighted by atomic mass is 32.2. The average molecular weight is 450 g/mol. The molecule has 1 unspecified atom stereocenters. The summed E-state index contributed by atoms with van der Waals surface area (Å²) in [6.07, 6.45) is 2.82. The summed E-state index contributed by atoms with van der Waals surface area (Å²) >= 11 is 0. The number of carbonyl (C=O) groups is 2. The molecule has 1 saturated carbocycles. The van der Waals surface area contributed by atoms with Gasteiger partial charge in [0, 0.05) is 13.1 Å². The summed E-state index contributed by atoms with van der Waals surface area (Å²) in [6, 6.07) is 7.61. The van der Waals surface area contributed by atoms with Gasteiger partial charge in [0.15, 0.2) is 6.10 Å². The van der Waals surface area contributed by atoms with Crippen LogP contribution >= 0.6 is 0 Å². The van der Waals surface area contributed by atoms with Crippen LogP contribution in [0.5, 0.6) is 0 Å². The van der Waals surface area contributed by atoms with E-state index in [1.165, 1.54) is 35.5 Å². The molecular weight excluding hydrogens is 422 g/mol. The Morgan fingerprint density at radius 1 is 1.16 bits per heavy atom. The molecule has 0 bridgehead atoms. The number of ether oxygens (including phenoxy) is 2. The van der Waals surface area contributed by atoms with Gasteiger partial charge in [0.1, 0.15) is 5.54 Å². The maximum Gasteiger partial charge on any atom is 0.338 e. The number of amides is 1. The third-order valence-electron chi connectivity index (χ3n) is 5.63. The highest BCUT2D eigenvalue weighted by Crippen LogP contribution is 2.27. The molecule has 10 heteroatoms. The van der Waals surface area contributed by atoms with Crippen LogP contribution in [0.25, 0.3) is 0 Å². The van der Waals surface area contributed by atoms with E-state index in [9.17, 15) is 23.3 Å². The number of benzene rings is 1. The third kappa shape index (κ3) is 5.42. The van der Waals surface area contributed by atoms with E-state index >= 15 is 0 Å². The minimum Gasteiger partial charge on any atom is -0.449 e. The van der Waals surface area contributed by atoms with Gasteiger partial charge < -0.3 is 14.8 Å². The lowest BCUT2D eigenvalue weighted by Crippen LogP contribution is -2.52. The SMILES string of the molecule is CC(OC(=O)c1ccc(S(=O)(=O)N2CCOCC2)cc1)C(=O)NC1(C#N)CCCCC1. The van der Waals surface area contributed by atoms with Crippen molar-refractivity contribution >= 4 is 21.9 Å². The van der Waals surface area contributed by atoms with Crippen LogP contribution in [0.1, 0.15) is 49.4 Å². The second kappa shape index (κ2) is 9.77. The zero-order chi connectivity index (χ0) is 22.5. The smallest absolute Gasteiger partial charge is 0.338 e. The minimum atomic E-state index is -3.66. The van der Waals surface area contributed by atoms with Crippen molar-refractivity contribution in [1.82, 2.24) is 9.62 Å². The fraction of sp³-hybridized carbons (Fsp3) is 0.571. The van der Waals surface area contributed by atoms with Gasteiger partial charge in [-0.2, -0.15) is 9.57 Å². The second-order valence-electron chi connectivity index (χ2n) is 7.83. The standard InChI is InChI=1S/C21H27N3O6S/c1-16(19(25)23-21(15-22)9-3-2-4-10-21)30-20(26)17-5-7-18(8-6-17)31(27,28)24-11-13-29-14-12-24/h5-8,16H,2-4,9-14H2,1H3,(H,23,25). The van der Waals surface area contributed by atoms with Gasteiger partial charge in [-0.3, -0.25) is 4.79 Å². The summed E-state index contributed by atoms with van der Waals surface area (Å²) in [5, 5.41) is 12.2. The summed E-state index contributed by atoms with van der Waals surface area (Å²) in [6.45, 7) is 2.69. The van der Waals surface area contributed by atoms with Crippen molar-refractivity contribution in [2.24, 2.45) is 0 Å². The molecule has 1 aromatic carbocycles. The van der Waals surface area contributed by atoms with E-state index in [0.717, 1.165) is 19.3 Å². The largest absolute Gasteiger partial charge is 0.449 e. The summed E-state index contributed by atoms with van der Waals surface area (Å²) in [5.41, 5.74) is -0.779. The molecule has 3 rings (SSSR count). The number of nitrogens with one attached hydrogen (secondary N) is 1. The molecule has 1 amide bonds. The highest BCUT2D eigenvalue weighted by molar-refractivity contribution is 7.89. The normalized spacial score (nSPS) is 20.3. The molecule has 2 aliphatic rings. The van der Waals surface area contributed by atoms with Crippen LogP contribution in [0.15, 0.2) is 29.2 Å². The number of sulfonamides is 1. The van der Waals surface area contributed by atoms with Crippen molar-refractivity contribution in [3.8, 4) is 6.07 Å². The van der Waals surface area contributed by atoms with Gasteiger partial charge in [-0.1, -0.05) is 19.3 Å². The molecule has 1 heterocycles. The van der Waals surface area contributed by atoms with E-state index in [-0.39, 0.29) is 23.5 Å². The fourth-order valence-corrected chi connectivity index (χ4v) is 5.15. The summed E-state index contributed by atoms with van der Waals surface area (Å²) in [7, 11) is -3.66. The Labute approximate surface area is 182 Å². The molecule has 0 radical (unpaired) electrons. The number of hydrogen-bond acceptors (Lipinski definition) is 7. The summed E-state index contributed by atoms with van der Waals surface area (Å²) in [4.78, 5) is 25.0. The number of rotatable bonds is 6. The van der Waals surface area contributed by atoms with Crippen LogP contribution in [0, 0.1) is 11.3 Å². The van der Waals surface area contributed by atoms with Crippen molar-refractivity contribution in [3.63, 3.8) is 0 Å². The lowest BCUT2D eigenvalue weighted by Gasteiger charge is -2.32. The molecule has 1 N–H and O–H groups in total. The van der Waals surface area contributed by atoms with Crippen molar-refractivity contribution in [2.75, 3.05) is 26.3 Å². The van der Waals surface area contributed by atoms with E-state index < -0.39 is 33.5 Å². The predicted molar refractivity (Wildman–Crippen MR) is 110 cm³/mol. The number of nitrogens with zero attached hydrogens (tertiary/aromatic N) is 2. The molecule has 1 aliphatic heterocycles. The highest BCUT2D eigenvalue weighted by Gasteiger charge is 2.35. The first-order valence-corrected chi connectivity index (χ1v) is 11.8. The monoisotopic (exact) mass is 449 g/mol. The van der Waals surface area contributed by atoms with Gasteiger partial charge >= 0.3 is 5.97 Å². The average Bonchev–Trinajstić information content (AvgIpc) is 2.80. The number of hydrogen-bond donors (Lipinski definition) is 1. The molecule has 31 heavy (non-hydrogen) atoms. The van der Waals surface area contributed by atoms with Crippen LogP contribution in [-0.4, -0.2) is 62.5 Å². The van der Waals surface area contributed by atoms with Crippen LogP contribution < -0.4 is 5.32 Å². The fourth-order valence-electron chi connectivity index (χ4n) is 3.74. The lowest BCUT2D eigenvalue weighted by molar-refractivity contribution is -0.130. The maximum atomic E-state index is 12.7. The summed E-state index contributed by atoms with van der Waals surface area (Å²) < 4.78 is 37.1. The van der Waals surface area contributed by atoms with Crippen molar-refractivity contribution in [3.05, 3.63) is 29.8 Å². The topological polar surface area (TPSA) is 126 Å². The van der Waals surface area contributed by atoms with Crippen LogP contribution in [0.2, 0.25) is 0 Å². The Hall–Kier alpha value is -2.48. The molecule has 2 fully saturated rings. The van der Waals surface area contributed by atoms with Gasteiger partial charge in [-0.05, 0) is 44.0 Å². The lowest BCUT2D eigenvalue weighted by atomic mass is 9.83. The van der Waals surface area contributed by atoms with Gasteiger partial charge in [0.05, 0.1) is 29.7 Å². The first-order valence-electron chi connectivity index (χ1n) is 10.4. The maximum absolute atomic E-state index is 12.7. The molecule has 1 atom stereocenters. The molecule has 9 nitrogen and oxygen atoms in total. The zero-order valence-corrected chi connectivity index (χ0v) is 18.3. The molecule has 1 saturated heterocycles. The van der Waals surface area contributed by atoms with Crippen LogP contribution in [0.4, 0.5) is 0 Å². The first-order chi connectivity index (χ1) is 14.8. The van der Waals surface area contributed by atoms with E-state index in [0.29, 0.717) is 26.1 Å². The molecule has 0 spiro atoms. The Morgan fingerprint density at radius 3 is 2.35 bits per heavy atom. The Morgan fingerprint density at radius 2 is 1.77 bits per heavy atom. The third-order valence-corrected chi connectivity index (χ3v) is 7.55. The molecular formula is C21H27N3O6S. The van der Waals surface area contributed by atoms with E-state index in [1.807, 2.05) is 0 Å². The van der Waals surface area contributed by atoms with E-state index in [2.05, 4.69) is 11.4 Å². The van der Waals surface area contributed by atoms with Crippen molar-refractivity contribution in [2.45, 2.75) is 55.6 Å². The van der Waals surface area contributed by atoms with Gasteiger partial charge in [-0.25, -0.2) is 13.2 Å². The van der Waals surface area contributed by atoms with E-state index in [1.54, 1.807) is 0 Å². The number of esters is 1. The number of morpholine rings is 1. The van der Waals surface area contributed by atoms with Crippen LogP contribution in [-0.2, 0) is 24.3 Å². The molecule has 168 valence electrons. The van der Waals surface area contributed by atoms with Crippen molar-refractivity contribution < 1.29 is 27.5 Å². The van der Waals surface area contributed by atoms with E-state index in [4.69, 9.17) is 9.47 Å².